The van der Waals surface area contributed by atoms with E-state index >= 15 is 0 Å². The Labute approximate surface area is 151 Å². The predicted molar refractivity (Wildman–Crippen MR) is 96.6 cm³/mol. The van der Waals surface area contributed by atoms with Gasteiger partial charge in [-0.05, 0) is 71.1 Å². The molecule has 1 aromatic heterocycles. The largest absolute Gasteiger partial charge is 0.486 e. The summed E-state index contributed by atoms with van der Waals surface area (Å²) in [6.07, 6.45) is 0. The number of benzene rings is 2. The van der Waals surface area contributed by atoms with Crippen LogP contribution in [0.25, 0.3) is 0 Å². The Hall–Kier alpha value is -2.35. The maximum atomic E-state index is 12.8. The van der Waals surface area contributed by atoms with Crippen molar-refractivity contribution in [3.63, 3.8) is 0 Å². The Morgan fingerprint density at radius 3 is 2.58 bits per heavy atom. The number of furan rings is 1. The molecule has 0 bridgehead atoms. The minimum absolute atomic E-state index is 0.155. The first kappa shape index (κ1) is 16.5. The molecule has 0 aliphatic rings. The molecule has 2 aromatic carbocycles. The smallest absolute Gasteiger partial charge is 0.291 e. The predicted octanol–water partition coefficient (Wildman–Crippen LogP) is 4.85. The Bertz CT molecular complexity index is 845. The molecular weight excluding hydrogens is 424 g/mol. The van der Waals surface area contributed by atoms with Crippen molar-refractivity contribution < 1.29 is 18.3 Å². The standard InChI is InChI=1S/C18H13FINO3/c19-12-5-7-13(8-6-12)23-11-14-9-10-17(24-14)18(22)21-16-4-2-1-3-15(16)20/h1-10H,11H2,(H,21,22). The van der Waals surface area contributed by atoms with Crippen molar-refractivity contribution in [2.75, 3.05) is 5.32 Å². The number of nitrogens with one attached hydrogen (secondary N) is 1. The first-order valence-corrected chi connectivity index (χ1v) is 8.22. The number of amides is 1. The lowest BCUT2D eigenvalue weighted by Crippen LogP contribution is -2.11. The molecule has 0 aliphatic carbocycles. The molecule has 1 amide bonds. The van der Waals surface area contributed by atoms with Gasteiger partial charge < -0.3 is 14.5 Å². The van der Waals surface area contributed by atoms with Crippen LogP contribution in [-0.4, -0.2) is 5.91 Å². The van der Waals surface area contributed by atoms with Crippen molar-refractivity contribution in [2.45, 2.75) is 6.61 Å². The average molecular weight is 437 g/mol. The molecule has 1 N–H and O–H groups in total. The fraction of sp³-hybridized carbons (Fsp3) is 0.0556. The molecule has 24 heavy (non-hydrogen) atoms. The molecule has 0 fully saturated rings. The minimum atomic E-state index is -0.327. The Kier molecular flexibility index (Phi) is 5.14. The van der Waals surface area contributed by atoms with Gasteiger partial charge in [0, 0.05) is 3.57 Å². The third-order valence-corrected chi connectivity index (χ3v) is 4.14. The lowest BCUT2D eigenvalue weighted by molar-refractivity contribution is 0.0992. The molecule has 0 spiro atoms. The number of hydrogen-bond donors (Lipinski definition) is 1. The molecular formula is C18H13FINO3. The van der Waals surface area contributed by atoms with Gasteiger partial charge in [0.25, 0.3) is 5.91 Å². The van der Waals surface area contributed by atoms with E-state index in [1.54, 1.807) is 12.1 Å². The number of halogens is 2. The van der Waals surface area contributed by atoms with Gasteiger partial charge in [0.2, 0.25) is 0 Å². The number of rotatable bonds is 5. The lowest BCUT2D eigenvalue weighted by atomic mass is 10.3. The molecule has 4 nitrogen and oxygen atoms in total. The van der Waals surface area contributed by atoms with Crippen molar-refractivity contribution >= 4 is 34.2 Å². The molecule has 0 radical (unpaired) electrons. The molecule has 0 aliphatic heterocycles. The molecule has 0 atom stereocenters. The van der Waals surface area contributed by atoms with Crippen LogP contribution in [0.3, 0.4) is 0 Å². The molecule has 122 valence electrons. The van der Waals surface area contributed by atoms with Gasteiger partial charge in [-0.1, -0.05) is 12.1 Å². The number of carbonyl (C=O) groups excluding carboxylic acids is 1. The molecule has 0 unspecified atom stereocenters. The summed E-state index contributed by atoms with van der Waals surface area (Å²) in [4.78, 5) is 12.2. The first-order chi connectivity index (χ1) is 11.6. The zero-order chi connectivity index (χ0) is 16.9. The van der Waals surface area contributed by atoms with Crippen LogP contribution in [-0.2, 0) is 6.61 Å². The Morgan fingerprint density at radius 1 is 1.08 bits per heavy atom. The van der Waals surface area contributed by atoms with Crippen LogP contribution in [0.2, 0.25) is 0 Å². The van der Waals surface area contributed by atoms with Gasteiger partial charge in [-0.2, -0.15) is 0 Å². The highest BCUT2D eigenvalue weighted by Gasteiger charge is 2.13. The highest BCUT2D eigenvalue weighted by molar-refractivity contribution is 14.1. The van der Waals surface area contributed by atoms with E-state index in [2.05, 4.69) is 27.9 Å². The van der Waals surface area contributed by atoms with Crippen molar-refractivity contribution in [2.24, 2.45) is 0 Å². The second kappa shape index (κ2) is 7.48. The van der Waals surface area contributed by atoms with E-state index in [0.29, 0.717) is 11.5 Å². The second-order valence-corrected chi connectivity index (χ2v) is 6.10. The maximum absolute atomic E-state index is 12.8. The van der Waals surface area contributed by atoms with Gasteiger partial charge in [-0.25, -0.2) is 4.39 Å². The summed E-state index contributed by atoms with van der Waals surface area (Å²) in [6.45, 7) is 0.155. The Balaban J connectivity index is 1.61. The van der Waals surface area contributed by atoms with Gasteiger partial charge in [0.15, 0.2) is 5.76 Å². The van der Waals surface area contributed by atoms with Crippen LogP contribution in [0.1, 0.15) is 16.3 Å². The third kappa shape index (κ3) is 4.14. The van der Waals surface area contributed by atoms with Crippen LogP contribution < -0.4 is 10.1 Å². The summed E-state index contributed by atoms with van der Waals surface area (Å²) >= 11 is 2.15. The molecule has 0 saturated carbocycles. The monoisotopic (exact) mass is 437 g/mol. The SMILES string of the molecule is O=C(Nc1ccccc1I)c1ccc(COc2ccc(F)cc2)o1. The van der Waals surface area contributed by atoms with E-state index in [9.17, 15) is 9.18 Å². The van der Waals surface area contributed by atoms with Crippen LogP contribution in [0.4, 0.5) is 10.1 Å². The summed E-state index contributed by atoms with van der Waals surface area (Å²) in [5.41, 5.74) is 0.726. The van der Waals surface area contributed by atoms with E-state index in [1.165, 1.54) is 24.3 Å². The number of carbonyl (C=O) groups is 1. The van der Waals surface area contributed by atoms with Crippen LogP contribution in [0, 0.1) is 9.39 Å². The van der Waals surface area contributed by atoms with Crippen LogP contribution in [0.15, 0.2) is 65.1 Å². The average Bonchev–Trinajstić information content (AvgIpc) is 3.06. The highest BCUT2D eigenvalue weighted by Crippen LogP contribution is 2.19. The van der Waals surface area contributed by atoms with Gasteiger partial charge in [0.05, 0.1) is 5.69 Å². The fourth-order valence-electron chi connectivity index (χ4n) is 2.01. The minimum Gasteiger partial charge on any atom is -0.486 e. The maximum Gasteiger partial charge on any atom is 0.291 e. The van der Waals surface area contributed by atoms with E-state index < -0.39 is 0 Å². The fourth-order valence-corrected chi connectivity index (χ4v) is 2.53. The molecule has 3 rings (SSSR count). The summed E-state index contributed by atoms with van der Waals surface area (Å²) in [5, 5.41) is 2.80. The van der Waals surface area contributed by atoms with Gasteiger partial charge >= 0.3 is 0 Å². The van der Waals surface area contributed by atoms with E-state index in [1.807, 2.05) is 24.3 Å². The quantitative estimate of drug-likeness (QED) is 0.581. The van der Waals surface area contributed by atoms with Crippen molar-refractivity contribution in [1.29, 1.82) is 0 Å². The topological polar surface area (TPSA) is 51.5 Å². The van der Waals surface area contributed by atoms with Crippen molar-refractivity contribution in [3.05, 3.63) is 81.6 Å². The summed E-state index contributed by atoms with van der Waals surface area (Å²) in [6, 6.07) is 16.4. The summed E-state index contributed by atoms with van der Waals surface area (Å²) in [5.74, 6) is 0.583. The number of para-hydroxylation sites is 1. The molecule has 3 aromatic rings. The van der Waals surface area contributed by atoms with Crippen molar-refractivity contribution in [3.8, 4) is 5.75 Å². The Morgan fingerprint density at radius 2 is 1.83 bits per heavy atom. The van der Waals surface area contributed by atoms with Gasteiger partial charge in [-0.15, -0.1) is 0 Å². The van der Waals surface area contributed by atoms with E-state index in [4.69, 9.17) is 9.15 Å². The zero-order valence-corrected chi connectivity index (χ0v) is 14.6. The molecule has 6 heteroatoms. The second-order valence-electron chi connectivity index (χ2n) is 4.94. The summed E-state index contributed by atoms with van der Waals surface area (Å²) in [7, 11) is 0. The van der Waals surface area contributed by atoms with Gasteiger partial charge in [-0.3, -0.25) is 4.79 Å². The number of hydrogen-bond acceptors (Lipinski definition) is 3. The van der Waals surface area contributed by atoms with E-state index in [0.717, 1.165) is 9.26 Å². The van der Waals surface area contributed by atoms with Crippen LogP contribution in [0.5, 0.6) is 5.75 Å². The summed E-state index contributed by atoms with van der Waals surface area (Å²) < 4.78 is 24.7. The number of ether oxygens (including phenoxy) is 1. The first-order valence-electron chi connectivity index (χ1n) is 7.15. The highest BCUT2D eigenvalue weighted by atomic mass is 127. The number of anilines is 1. The molecule has 0 saturated heterocycles. The van der Waals surface area contributed by atoms with Gasteiger partial charge in [0.1, 0.15) is 23.9 Å². The molecule has 1 heterocycles. The van der Waals surface area contributed by atoms with Crippen molar-refractivity contribution in [1.82, 2.24) is 0 Å². The lowest BCUT2D eigenvalue weighted by Gasteiger charge is -2.05. The zero-order valence-electron chi connectivity index (χ0n) is 12.5. The normalized spacial score (nSPS) is 10.4. The van der Waals surface area contributed by atoms with E-state index in [-0.39, 0.29) is 24.1 Å². The third-order valence-electron chi connectivity index (χ3n) is 3.20. The van der Waals surface area contributed by atoms with Crippen LogP contribution >= 0.6 is 22.6 Å².